The van der Waals surface area contributed by atoms with E-state index in [1.807, 2.05) is 0 Å². The summed E-state index contributed by atoms with van der Waals surface area (Å²) in [4.78, 5) is 27.8. The number of fused-ring (bicyclic) bond motifs is 3. The number of nitrogens with zero attached hydrogens (tertiary/aromatic N) is 3. The third kappa shape index (κ3) is 4.15. The first-order chi connectivity index (χ1) is 15.1. The van der Waals surface area contributed by atoms with Gasteiger partial charge in [-0.2, -0.15) is 0 Å². The van der Waals surface area contributed by atoms with Crippen molar-refractivity contribution in [2.75, 3.05) is 20.4 Å². The summed E-state index contributed by atoms with van der Waals surface area (Å²) in [7, 11) is 1.66. The second-order valence-corrected chi connectivity index (χ2v) is 6.75. The molecule has 1 atom stereocenters. The molecule has 0 fully saturated rings. The van der Waals surface area contributed by atoms with Crippen molar-refractivity contribution in [1.82, 2.24) is 5.32 Å². The minimum atomic E-state index is -1.21. The molecule has 2 aromatic rings. The summed E-state index contributed by atoms with van der Waals surface area (Å²) < 4.78 is 16.4. The standard InChI is InChI=1S/C12H15NO3.C6H3N3O7/c1-7-10-8(3-4-13-7)5-9(14-2)11-12(10)16-6-15-11;10-6-4(8(13)14)1-3(7(11)12)2-5(6)9(15)16/h5,7,13H,3-4,6H2,1-2H3;1-2,10H. The zero-order valence-electron chi connectivity index (χ0n) is 16.9. The Morgan fingerprint density at radius 2 is 1.62 bits per heavy atom. The van der Waals surface area contributed by atoms with Gasteiger partial charge in [0.25, 0.3) is 11.4 Å². The Bertz CT molecular complexity index is 1070. The van der Waals surface area contributed by atoms with Gasteiger partial charge in [-0.05, 0) is 31.5 Å². The quantitative estimate of drug-likeness (QED) is 0.514. The number of methoxy groups -OCH3 is 1. The summed E-state index contributed by atoms with van der Waals surface area (Å²) >= 11 is 0. The number of nitrogens with one attached hydrogen (secondary N) is 1. The summed E-state index contributed by atoms with van der Waals surface area (Å²) in [6.45, 7) is 3.43. The van der Waals surface area contributed by atoms with Crippen molar-refractivity contribution in [2.24, 2.45) is 0 Å². The summed E-state index contributed by atoms with van der Waals surface area (Å²) in [5.74, 6) is 1.17. The fourth-order valence-electron chi connectivity index (χ4n) is 3.44. The van der Waals surface area contributed by atoms with Crippen molar-refractivity contribution in [3.8, 4) is 23.0 Å². The average molecular weight is 450 g/mol. The third-order valence-electron chi connectivity index (χ3n) is 4.89. The summed E-state index contributed by atoms with van der Waals surface area (Å²) in [6, 6.07) is 3.27. The van der Waals surface area contributed by atoms with Crippen molar-refractivity contribution in [3.05, 3.63) is 59.7 Å². The van der Waals surface area contributed by atoms with Crippen molar-refractivity contribution in [2.45, 2.75) is 19.4 Å². The Morgan fingerprint density at radius 1 is 1.03 bits per heavy atom. The maximum absolute atomic E-state index is 10.4. The van der Waals surface area contributed by atoms with Gasteiger partial charge in [-0.3, -0.25) is 30.3 Å². The van der Waals surface area contributed by atoms with Gasteiger partial charge in [0.15, 0.2) is 11.5 Å². The van der Waals surface area contributed by atoms with E-state index in [4.69, 9.17) is 19.3 Å². The molecule has 2 aliphatic rings. The molecule has 0 aliphatic carbocycles. The molecule has 0 radical (unpaired) electrons. The van der Waals surface area contributed by atoms with E-state index in [2.05, 4.69) is 18.3 Å². The number of aromatic hydroxyl groups is 1. The fraction of sp³-hybridized carbons (Fsp3) is 0.333. The topological polar surface area (TPSA) is 189 Å². The van der Waals surface area contributed by atoms with E-state index in [0.29, 0.717) is 18.2 Å². The minimum Gasteiger partial charge on any atom is -0.497 e. The molecule has 0 amide bonds. The number of hydrogen-bond acceptors (Lipinski definition) is 11. The van der Waals surface area contributed by atoms with Gasteiger partial charge in [0.1, 0.15) is 0 Å². The van der Waals surface area contributed by atoms with Crippen LogP contribution in [0.1, 0.15) is 24.1 Å². The molecule has 4 rings (SSSR count). The molecule has 2 heterocycles. The van der Waals surface area contributed by atoms with Gasteiger partial charge in [-0.25, -0.2) is 0 Å². The SMILES string of the molecule is COc1cc2c(c3c1OCO3)C(C)NCC2.O=[N+]([O-])c1cc([N+](=O)[O-])c(O)c([N+](=O)[O-])c1. The highest BCUT2D eigenvalue weighted by molar-refractivity contribution is 5.64. The molecule has 0 saturated carbocycles. The first kappa shape index (κ1) is 22.5. The Morgan fingerprint density at radius 3 is 2.16 bits per heavy atom. The summed E-state index contributed by atoms with van der Waals surface area (Å²) in [5, 5.41) is 43.6. The fourth-order valence-corrected chi connectivity index (χ4v) is 3.44. The van der Waals surface area contributed by atoms with Crippen molar-refractivity contribution >= 4 is 17.1 Å². The molecule has 170 valence electrons. The molecule has 0 aromatic heterocycles. The molecule has 32 heavy (non-hydrogen) atoms. The normalized spacial score (nSPS) is 15.8. The molecule has 1 unspecified atom stereocenters. The Labute approximate surface area is 179 Å². The van der Waals surface area contributed by atoms with Gasteiger partial charge in [0.2, 0.25) is 12.5 Å². The number of phenols is 1. The predicted octanol–water partition coefficient (Wildman–Crippen LogP) is 2.75. The van der Waals surface area contributed by atoms with Gasteiger partial charge < -0.3 is 24.6 Å². The van der Waals surface area contributed by atoms with Crippen LogP contribution in [0.3, 0.4) is 0 Å². The van der Waals surface area contributed by atoms with Crippen molar-refractivity contribution < 1.29 is 34.1 Å². The van der Waals surface area contributed by atoms with E-state index < -0.39 is 37.6 Å². The number of phenolic OH excluding ortho intramolecular Hbond substituents is 1. The lowest BCUT2D eigenvalue weighted by Gasteiger charge is -2.25. The summed E-state index contributed by atoms with van der Waals surface area (Å²) in [6.07, 6.45) is 1.01. The average Bonchev–Trinajstić information content (AvgIpc) is 3.23. The third-order valence-corrected chi connectivity index (χ3v) is 4.89. The van der Waals surface area contributed by atoms with Gasteiger partial charge in [0, 0.05) is 11.6 Å². The van der Waals surface area contributed by atoms with Crippen LogP contribution in [-0.2, 0) is 6.42 Å². The number of non-ortho nitro benzene ring substituents is 1. The van der Waals surface area contributed by atoms with Gasteiger partial charge in [-0.1, -0.05) is 0 Å². The maximum atomic E-state index is 10.4. The highest BCUT2D eigenvalue weighted by Gasteiger charge is 2.31. The largest absolute Gasteiger partial charge is 0.497 e. The predicted molar refractivity (Wildman–Crippen MR) is 107 cm³/mol. The first-order valence-electron chi connectivity index (χ1n) is 9.18. The summed E-state index contributed by atoms with van der Waals surface area (Å²) in [5.41, 5.74) is -0.482. The highest BCUT2D eigenvalue weighted by atomic mass is 16.7. The van der Waals surface area contributed by atoms with Gasteiger partial charge >= 0.3 is 11.4 Å². The van der Waals surface area contributed by atoms with Crippen LogP contribution in [0.15, 0.2) is 18.2 Å². The van der Waals surface area contributed by atoms with Crippen LogP contribution in [-0.4, -0.2) is 40.3 Å². The lowest BCUT2D eigenvalue weighted by atomic mass is 9.93. The smallest absolute Gasteiger partial charge is 0.324 e. The molecule has 0 bridgehead atoms. The second-order valence-electron chi connectivity index (χ2n) is 6.75. The molecular weight excluding hydrogens is 432 g/mol. The monoisotopic (exact) mass is 450 g/mol. The zero-order chi connectivity index (χ0) is 23.6. The van der Waals surface area contributed by atoms with Crippen LogP contribution in [0.25, 0.3) is 0 Å². The van der Waals surface area contributed by atoms with E-state index in [0.717, 1.165) is 30.2 Å². The molecule has 2 aromatic carbocycles. The van der Waals surface area contributed by atoms with E-state index in [-0.39, 0.29) is 6.79 Å². The lowest BCUT2D eigenvalue weighted by Crippen LogP contribution is -2.28. The van der Waals surface area contributed by atoms with E-state index in [9.17, 15) is 30.3 Å². The van der Waals surface area contributed by atoms with Gasteiger partial charge in [0.05, 0.1) is 34.0 Å². The molecule has 2 aliphatic heterocycles. The number of rotatable bonds is 4. The number of ether oxygens (including phenoxy) is 3. The number of nitro benzene ring substituents is 3. The highest BCUT2D eigenvalue weighted by Crippen LogP contribution is 2.48. The van der Waals surface area contributed by atoms with Crippen LogP contribution in [0.2, 0.25) is 0 Å². The van der Waals surface area contributed by atoms with Crippen LogP contribution >= 0.6 is 0 Å². The molecule has 0 saturated heterocycles. The van der Waals surface area contributed by atoms with E-state index in [1.54, 1.807) is 7.11 Å². The minimum absolute atomic E-state index is 0.287. The lowest BCUT2D eigenvalue weighted by molar-refractivity contribution is -0.404. The van der Waals surface area contributed by atoms with Crippen LogP contribution < -0.4 is 19.5 Å². The Balaban J connectivity index is 0.000000181. The van der Waals surface area contributed by atoms with Crippen LogP contribution in [0.4, 0.5) is 17.1 Å². The van der Waals surface area contributed by atoms with Gasteiger partial charge in [-0.15, -0.1) is 0 Å². The molecular formula is C18H18N4O10. The number of nitro groups is 3. The van der Waals surface area contributed by atoms with E-state index >= 15 is 0 Å². The van der Waals surface area contributed by atoms with Crippen molar-refractivity contribution in [3.63, 3.8) is 0 Å². The van der Waals surface area contributed by atoms with Crippen LogP contribution in [0.5, 0.6) is 23.0 Å². The molecule has 2 N–H and O–H groups in total. The maximum Gasteiger partial charge on any atom is 0.324 e. The molecule has 14 heteroatoms. The Kier molecular flexibility index (Phi) is 6.25. The number of benzene rings is 2. The molecule has 0 spiro atoms. The zero-order valence-corrected chi connectivity index (χ0v) is 16.9. The van der Waals surface area contributed by atoms with Crippen molar-refractivity contribution in [1.29, 1.82) is 0 Å². The molecule has 14 nitrogen and oxygen atoms in total. The Hall–Kier alpha value is -4.20. The first-order valence-corrected chi connectivity index (χ1v) is 9.18. The van der Waals surface area contributed by atoms with Crippen LogP contribution in [0, 0.1) is 30.3 Å². The van der Waals surface area contributed by atoms with E-state index in [1.165, 1.54) is 11.1 Å². The number of hydrogen-bond donors (Lipinski definition) is 2. The second kappa shape index (κ2) is 8.89.